The molecule has 1 fully saturated rings. The third-order valence-electron chi connectivity index (χ3n) is 3.17. The number of hydrogen-bond acceptors (Lipinski definition) is 2. The molecule has 2 N–H and O–H groups in total. The first-order valence-electron chi connectivity index (χ1n) is 6.58. The van der Waals surface area contributed by atoms with Crippen LogP contribution in [0.2, 0.25) is 0 Å². The molecule has 1 aliphatic heterocycles. The van der Waals surface area contributed by atoms with E-state index >= 15 is 0 Å². The molecule has 2 rings (SSSR count). The lowest BCUT2D eigenvalue weighted by molar-refractivity contribution is -0.131. The Balaban J connectivity index is 1.83. The van der Waals surface area contributed by atoms with Crippen LogP contribution in [-0.4, -0.2) is 36.0 Å². The number of nitrogens with one attached hydrogen (secondary N) is 2. The van der Waals surface area contributed by atoms with Crippen LogP contribution in [0.4, 0.5) is 10.5 Å². The van der Waals surface area contributed by atoms with Crippen molar-refractivity contribution < 1.29 is 9.59 Å². The number of carbonyl (C=O) groups is 2. The van der Waals surface area contributed by atoms with Gasteiger partial charge in [0, 0.05) is 18.8 Å². The quantitative estimate of drug-likeness (QED) is 0.871. The lowest BCUT2D eigenvalue weighted by Crippen LogP contribution is -2.47. The second kappa shape index (κ2) is 6.22. The highest BCUT2D eigenvalue weighted by Gasteiger charge is 2.24. The maximum Gasteiger partial charge on any atom is 0.319 e. The smallest absolute Gasteiger partial charge is 0.319 e. The normalized spacial score (nSPS) is 15.9. The number of nitrogens with zero attached hydrogens (tertiary/aromatic N) is 1. The fourth-order valence-electron chi connectivity index (χ4n) is 2.16. The zero-order valence-corrected chi connectivity index (χ0v) is 11.1. The van der Waals surface area contributed by atoms with Gasteiger partial charge in [0.25, 0.3) is 0 Å². The highest BCUT2D eigenvalue weighted by molar-refractivity contribution is 5.93. The Kier molecular flexibility index (Phi) is 4.39. The van der Waals surface area contributed by atoms with Crippen LogP contribution in [-0.2, 0) is 4.79 Å². The Bertz CT molecular complexity index is 441. The lowest BCUT2D eigenvalue weighted by atomic mass is 10.3. The molecular weight excluding hydrogens is 242 g/mol. The number of likely N-dealkylation sites (tertiary alicyclic amines) is 1. The van der Waals surface area contributed by atoms with Gasteiger partial charge in [-0.3, -0.25) is 4.79 Å². The van der Waals surface area contributed by atoms with Crippen LogP contribution in [0.3, 0.4) is 0 Å². The fourth-order valence-corrected chi connectivity index (χ4v) is 2.16. The third kappa shape index (κ3) is 3.71. The summed E-state index contributed by atoms with van der Waals surface area (Å²) in [5, 5.41) is 5.36. The van der Waals surface area contributed by atoms with E-state index in [4.69, 9.17) is 0 Å². The first kappa shape index (κ1) is 13.4. The molecule has 5 heteroatoms. The van der Waals surface area contributed by atoms with Crippen molar-refractivity contribution in [2.45, 2.75) is 25.8 Å². The van der Waals surface area contributed by atoms with Gasteiger partial charge in [-0.2, -0.15) is 0 Å². The third-order valence-corrected chi connectivity index (χ3v) is 3.17. The molecule has 5 nitrogen and oxygen atoms in total. The predicted molar refractivity (Wildman–Crippen MR) is 73.9 cm³/mol. The van der Waals surface area contributed by atoms with E-state index in [1.165, 1.54) is 0 Å². The summed E-state index contributed by atoms with van der Waals surface area (Å²) in [5.41, 5.74) is 0.709. The van der Waals surface area contributed by atoms with Crippen molar-refractivity contribution in [1.29, 1.82) is 0 Å². The number of amides is 3. The fraction of sp³-hybridized carbons (Fsp3) is 0.429. The maximum absolute atomic E-state index is 12.0. The Morgan fingerprint density at radius 3 is 2.42 bits per heavy atom. The summed E-state index contributed by atoms with van der Waals surface area (Å²) in [5.74, 6) is -0.0132. The van der Waals surface area contributed by atoms with Gasteiger partial charge in [-0.25, -0.2) is 4.79 Å². The van der Waals surface area contributed by atoms with E-state index in [0.29, 0.717) is 5.69 Å². The number of anilines is 1. The minimum absolute atomic E-state index is 0.0132. The number of para-hydroxylation sites is 1. The molecule has 102 valence electrons. The molecule has 1 saturated heterocycles. The molecule has 0 aliphatic carbocycles. The number of hydrogen-bond donors (Lipinski definition) is 2. The van der Waals surface area contributed by atoms with Crippen LogP contribution < -0.4 is 10.6 Å². The van der Waals surface area contributed by atoms with Crippen molar-refractivity contribution in [2.75, 3.05) is 18.4 Å². The van der Waals surface area contributed by atoms with E-state index < -0.39 is 6.04 Å². The Morgan fingerprint density at radius 2 is 1.79 bits per heavy atom. The van der Waals surface area contributed by atoms with Crippen molar-refractivity contribution in [3.63, 3.8) is 0 Å². The first-order valence-corrected chi connectivity index (χ1v) is 6.58. The Hall–Kier alpha value is -2.04. The van der Waals surface area contributed by atoms with Gasteiger partial charge in [0.15, 0.2) is 0 Å². The van der Waals surface area contributed by atoms with Crippen LogP contribution in [0, 0.1) is 0 Å². The minimum atomic E-state index is -0.498. The highest BCUT2D eigenvalue weighted by atomic mass is 16.2. The molecule has 3 amide bonds. The second-order valence-corrected chi connectivity index (χ2v) is 4.72. The SMILES string of the molecule is C[C@@H](NC(=O)Nc1ccccc1)C(=O)N1CCCC1. The van der Waals surface area contributed by atoms with E-state index in [1.54, 1.807) is 24.0 Å². The molecule has 1 aromatic rings. The van der Waals surface area contributed by atoms with Gasteiger partial charge >= 0.3 is 6.03 Å². The molecule has 1 atom stereocenters. The molecule has 0 unspecified atom stereocenters. The summed E-state index contributed by atoms with van der Waals surface area (Å²) in [6.07, 6.45) is 2.10. The van der Waals surface area contributed by atoms with Crippen molar-refractivity contribution in [1.82, 2.24) is 10.2 Å². The van der Waals surface area contributed by atoms with Crippen molar-refractivity contribution in [3.05, 3.63) is 30.3 Å². The second-order valence-electron chi connectivity index (χ2n) is 4.72. The topological polar surface area (TPSA) is 61.4 Å². The molecule has 19 heavy (non-hydrogen) atoms. The highest BCUT2D eigenvalue weighted by Crippen LogP contribution is 2.09. The van der Waals surface area contributed by atoms with Crippen molar-refractivity contribution in [3.8, 4) is 0 Å². The van der Waals surface area contributed by atoms with Gasteiger partial charge in [0.05, 0.1) is 0 Å². The van der Waals surface area contributed by atoms with E-state index in [9.17, 15) is 9.59 Å². The summed E-state index contributed by atoms with van der Waals surface area (Å²) in [6.45, 7) is 3.31. The molecule has 1 heterocycles. The number of benzene rings is 1. The summed E-state index contributed by atoms with van der Waals surface area (Å²) < 4.78 is 0. The van der Waals surface area contributed by atoms with Gasteiger partial charge in [-0.15, -0.1) is 0 Å². The van der Waals surface area contributed by atoms with Crippen molar-refractivity contribution in [2.24, 2.45) is 0 Å². The van der Waals surface area contributed by atoms with Crippen LogP contribution in [0.1, 0.15) is 19.8 Å². The monoisotopic (exact) mass is 261 g/mol. The summed E-state index contributed by atoms with van der Waals surface area (Å²) in [7, 11) is 0. The van der Waals surface area contributed by atoms with Gasteiger partial charge in [0.1, 0.15) is 6.04 Å². The zero-order valence-electron chi connectivity index (χ0n) is 11.1. The minimum Gasteiger partial charge on any atom is -0.341 e. The molecule has 1 aliphatic rings. The van der Waals surface area contributed by atoms with E-state index in [0.717, 1.165) is 25.9 Å². The van der Waals surface area contributed by atoms with Gasteiger partial charge in [-0.05, 0) is 31.9 Å². The maximum atomic E-state index is 12.0. The molecule has 0 spiro atoms. The van der Waals surface area contributed by atoms with Gasteiger partial charge in [-0.1, -0.05) is 18.2 Å². The van der Waals surface area contributed by atoms with E-state index in [2.05, 4.69) is 10.6 Å². The molecule has 1 aromatic carbocycles. The predicted octanol–water partition coefficient (Wildman–Crippen LogP) is 1.82. The van der Waals surface area contributed by atoms with E-state index in [1.807, 2.05) is 18.2 Å². The Labute approximate surface area is 113 Å². The molecule has 0 bridgehead atoms. The number of carbonyl (C=O) groups excluding carboxylic acids is 2. The zero-order chi connectivity index (χ0) is 13.7. The molecule has 0 saturated carbocycles. The van der Waals surface area contributed by atoms with Gasteiger partial charge < -0.3 is 15.5 Å². The molecular formula is C14H19N3O2. The van der Waals surface area contributed by atoms with Crippen LogP contribution in [0.5, 0.6) is 0 Å². The van der Waals surface area contributed by atoms with Crippen LogP contribution >= 0.6 is 0 Å². The van der Waals surface area contributed by atoms with Crippen molar-refractivity contribution >= 4 is 17.6 Å². The summed E-state index contributed by atoms with van der Waals surface area (Å²) in [4.78, 5) is 25.6. The number of urea groups is 1. The van der Waals surface area contributed by atoms with Gasteiger partial charge in [0.2, 0.25) is 5.91 Å². The summed E-state index contributed by atoms with van der Waals surface area (Å²) in [6, 6.07) is 8.30. The Morgan fingerprint density at radius 1 is 1.16 bits per heavy atom. The summed E-state index contributed by atoms with van der Waals surface area (Å²) >= 11 is 0. The van der Waals surface area contributed by atoms with Crippen LogP contribution in [0.25, 0.3) is 0 Å². The lowest BCUT2D eigenvalue weighted by Gasteiger charge is -2.21. The van der Waals surface area contributed by atoms with E-state index in [-0.39, 0.29) is 11.9 Å². The first-order chi connectivity index (χ1) is 9.16. The average molecular weight is 261 g/mol. The average Bonchev–Trinajstić information content (AvgIpc) is 2.92. The molecule has 0 aromatic heterocycles. The standard InChI is InChI=1S/C14H19N3O2/c1-11(13(18)17-9-5-6-10-17)15-14(19)16-12-7-3-2-4-8-12/h2-4,7-8,11H,5-6,9-10H2,1H3,(H2,15,16,19)/t11-/m1/s1. The van der Waals surface area contributed by atoms with Crippen LogP contribution in [0.15, 0.2) is 30.3 Å². The molecule has 0 radical (unpaired) electrons. The number of rotatable bonds is 3. The largest absolute Gasteiger partial charge is 0.341 e.